The molecular weight excluding hydrogens is 430 g/mol. The summed E-state index contributed by atoms with van der Waals surface area (Å²) >= 11 is 0. The monoisotopic (exact) mass is 461 g/mol. The summed E-state index contributed by atoms with van der Waals surface area (Å²) in [5.41, 5.74) is 2.14. The van der Waals surface area contributed by atoms with Crippen LogP contribution in [0.3, 0.4) is 0 Å². The number of morpholine rings is 1. The van der Waals surface area contributed by atoms with Gasteiger partial charge in [0.05, 0.1) is 24.9 Å². The van der Waals surface area contributed by atoms with Gasteiger partial charge in [-0.05, 0) is 49.6 Å². The van der Waals surface area contributed by atoms with Crippen molar-refractivity contribution in [3.05, 3.63) is 71.9 Å². The number of imidazole rings is 1. The molecule has 8 heteroatoms. The summed E-state index contributed by atoms with van der Waals surface area (Å²) in [5.74, 6) is 2.41. The summed E-state index contributed by atoms with van der Waals surface area (Å²) in [6.07, 6.45) is 5.53. The molecule has 2 aromatic heterocycles. The van der Waals surface area contributed by atoms with Crippen molar-refractivity contribution in [3.8, 4) is 11.6 Å². The number of benzene rings is 1. The van der Waals surface area contributed by atoms with Crippen molar-refractivity contribution in [3.63, 3.8) is 0 Å². The average Bonchev–Trinajstić information content (AvgIpc) is 3.54. The van der Waals surface area contributed by atoms with E-state index in [1.54, 1.807) is 6.20 Å². The van der Waals surface area contributed by atoms with Gasteiger partial charge in [-0.25, -0.2) is 9.97 Å². The molecule has 2 fully saturated rings. The zero-order chi connectivity index (χ0) is 23.3. The Bertz CT molecular complexity index is 1110. The normalized spacial score (nSPS) is 18.9. The maximum absolute atomic E-state index is 13.0. The van der Waals surface area contributed by atoms with Crippen LogP contribution < -0.4 is 4.74 Å². The van der Waals surface area contributed by atoms with Crippen LogP contribution in [0.25, 0.3) is 5.82 Å². The third kappa shape index (κ3) is 5.13. The minimum Gasteiger partial charge on any atom is -0.484 e. The Hall–Kier alpha value is -3.23. The maximum Gasteiger partial charge on any atom is 0.261 e. The molecule has 178 valence electrons. The molecule has 0 aliphatic carbocycles. The number of pyridine rings is 1. The fourth-order valence-electron chi connectivity index (χ4n) is 4.69. The fourth-order valence-corrected chi connectivity index (χ4v) is 4.69. The van der Waals surface area contributed by atoms with Crippen LogP contribution in [-0.2, 0) is 16.1 Å². The number of rotatable bonds is 7. The van der Waals surface area contributed by atoms with E-state index in [9.17, 15) is 4.79 Å². The summed E-state index contributed by atoms with van der Waals surface area (Å²) in [6, 6.07) is 14.0. The molecule has 1 amide bonds. The van der Waals surface area contributed by atoms with Crippen molar-refractivity contribution in [2.75, 3.05) is 39.5 Å². The maximum atomic E-state index is 13.0. The first-order valence-electron chi connectivity index (χ1n) is 12.0. The highest BCUT2D eigenvalue weighted by molar-refractivity contribution is 5.78. The first-order chi connectivity index (χ1) is 16.7. The molecule has 2 aliphatic heterocycles. The Morgan fingerprint density at radius 1 is 1.12 bits per heavy atom. The minimum atomic E-state index is -0.0317. The molecule has 1 unspecified atom stereocenters. The summed E-state index contributed by atoms with van der Waals surface area (Å²) < 4.78 is 13.2. The molecule has 0 radical (unpaired) electrons. The van der Waals surface area contributed by atoms with Crippen LogP contribution >= 0.6 is 0 Å². The van der Waals surface area contributed by atoms with Gasteiger partial charge < -0.3 is 14.4 Å². The molecule has 34 heavy (non-hydrogen) atoms. The Morgan fingerprint density at radius 2 is 1.94 bits per heavy atom. The minimum absolute atomic E-state index is 0.00842. The summed E-state index contributed by atoms with van der Waals surface area (Å²) in [6.45, 7) is 7.12. The molecule has 0 bridgehead atoms. The first-order valence-corrected chi connectivity index (χ1v) is 12.0. The van der Waals surface area contributed by atoms with E-state index in [1.807, 2.05) is 52.9 Å². The number of hydrogen-bond acceptors (Lipinski definition) is 6. The van der Waals surface area contributed by atoms with Crippen molar-refractivity contribution in [1.82, 2.24) is 24.3 Å². The van der Waals surface area contributed by atoms with E-state index in [1.165, 1.54) is 5.56 Å². The lowest BCUT2D eigenvalue weighted by Gasteiger charge is -2.26. The molecule has 0 saturated carbocycles. The highest BCUT2D eigenvalue weighted by atomic mass is 16.5. The number of carbonyl (C=O) groups is 1. The largest absolute Gasteiger partial charge is 0.484 e. The lowest BCUT2D eigenvalue weighted by atomic mass is 10.1. The number of nitrogens with zero attached hydrogens (tertiary/aromatic N) is 5. The van der Waals surface area contributed by atoms with E-state index < -0.39 is 0 Å². The summed E-state index contributed by atoms with van der Waals surface area (Å²) in [7, 11) is 0. The van der Waals surface area contributed by atoms with Crippen LogP contribution in [0, 0.1) is 6.92 Å². The number of ether oxygens (including phenoxy) is 2. The zero-order valence-electron chi connectivity index (χ0n) is 19.6. The number of aromatic nitrogens is 3. The Balaban J connectivity index is 1.19. The van der Waals surface area contributed by atoms with Gasteiger partial charge in [0.2, 0.25) is 0 Å². The van der Waals surface area contributed by atoms with Gasteiger partial charge in [0, 0.05) is 38.6 Å². The lowest BCUT2D eigenvalue weighted by molar-refractivity contribution is -0.134. The molecule has 1 aromatic carbocycles. The van der Waals surface area contributed by atoms with E-state index in [0.717, 1.165) is 69.6 Å². The van der Waals surface area contributed by atoms with Gasteiger partial charge in [0.15, 0.2) is 6.61 Å². The molecule has 4 heterocycles. The van der Waals surface area contributed by atoms with Crippen LogP contribution in [-0.4, -0.2) is 69.7 Å². The van der Waals surface area contributed by atoms with E-state index in [4.69, 9.17) is 14.5 Å². The van der Waals surface area contributed by atoms with Crippen LogP contribution in [0.15, 0.2) is 54.9 Å². The molecule has 1 atom stereocenters. The topological polar surface area (TPSA) is 72.7 Å². The van der Waals surface area contributed by atoms with Gasteiger partial charge in [0.25, 0.3) is 5.91 Å². The predicted octanol–water partition coefficient (Wildman–Crippen LogP) is 3.15. The van der Waals surface area contributed by atoms with Crippen molar-refractivity contribution in [2.45, 2.75) is 32.4 Å². The summed E-state index contributed by atoms with van der Waals surface area (Å²) in [4.78, 5) is 26.5. The standard InChI is InChI=1S/C26H31N5O3/c1-20-27-11-13-30(20)25-6-2-4-23(28-25)24-5-3-12-31(24)26(32)19-34-22-9-7-21(8-10-22)18-29-14-16-33-17-15-29/h2,4,6-11,13,24H,3,5,12,14-19H2,1H3. The van der Waals surface area contributed by atoms with Gasteiger partial charge in [0.1, 0.15) is 17.4 Å². The van der Waals surface area contributed by atoms with Gasteiger partial charge in [-0.3, -0.25) is 14.3 Å². The molecule has 2 saturated heterocycles. The number of hydrogen-bond donors (Lipinski definition) is 0. The highest BCUT2D eigenvalue weighted by Gasteiger charge is 2.31. The van der Waals surface area contributed by atoms with Crippen LogP contribution in [0.4, 0.5) is 0 Å². The van der Waals surface area contributed by atoms with Crippen molar-refractivity contribution < 1.29 is 14.3 Å². The Morgan fingerprint density at radius 3 is 2.71 bits per heavy atom. The highest BCUT2D eigenvalue weighted by Crippen LogP contribution is 2.31. The van der Waals surface area contributed by atoms with E-state index in [2.05, 4.69) is 22.0 Å². The van der Waals surface area contributed by atoms with Gasteiger partial charge >= 0.3 is 0 Å². The molecule has 2 aliphatic rings. The zero-order valence-corrected chi connectivity index (χ0v) is 19.6. The van der Waals surface area contributed by atoms with Crippen LogP contribution in [0.5, 0.6) is 5.75 Å². The second-order valence-electron chi connectivity index (χ2n) is 8.83. The third-order valence-corrected chi connectivity index (χ3v) is 6.54. The smallest absolute Gasteiger partial charge is 0.261 e. The summed E-state index contributed by atoms with van der Waals surface area (Å²) in [5, 5.41) is 0. The molecular formula is C26H31N5O3. The molecule has 0 spiro atoms. The quantitative estimate of drug-likeness (QED) is 0.538. The predicted molar refractivity (Wildman–Crippen MR) is 128 cm³/mol. The Kier molecular flexibility index (Phi) is 6.87. The van der Waals surface area contributed by atoms with Crippen molar-refractivity contribution in [1.29, 1.82) is 0 Å². The van der Waals surface area contributed by atoms with E-state index in [-0.39, 0.29) is 18.6 Å². The molecule has 5 rings (SSSR count). The molecule has 3 aromatic rings. The first kappa shape index (κ1) is 22.6. The number of amides is 1. The number of likely N-dealkylation sites (tertiary alicyclic amines) is 1. The van der Waals surface area contributed by atoms with Crippen LogP contribution in [0.1, 0.15) is 36.0 Å². The van der Waals surface area contributed by atoms with Gasteiger partial charge in [-0.1, -0.05) is 18.2 Å². The van der Waals surface area contributed by atoms with Gasteiger partial charge in [-0.15, -0.1) is 0 Å². The van der Waals surface area contributed by atoms with Crippen molar-refractivity contribution in [2.24, 2.45) is 0 Å². The van der Waals surface area contributed by atoms with E-state index in [0.29, 0.717) is 5.75 Å². The number of aryl methyl sites for hydroxylation is 1. The SMILES string of the molecule is Cc1nccn1-c1cccc(C2CCCN2C(=O)COc2ccc(CN3CCOCC3)cc2)n1. The lowest BCUT2D eigenvalue weighted by Crippen LogP contribution is -2.35. The number of carbonyl (C=O) groups excluding carboxylic acids is 1. The molecule has 0 N–H and O–H groups in total. The third-order valence-electron chi connectivity index (χ3n) is 6.54. The molecule has 8 nitrogen and oxygen atoms in total. The average molecular weight is 462 g/mol. The Labute approximate surface area is 200 Å². The van der Waals surface area contributed by atoms with Crippen LogP contribution in [0.2, 0.25) is 0 Å². The van der Waals surface area contributed by atoms with Gasteiger partial charge in [-0.2, -0.15) is 0 Å². The fraction of sp³-hybridized carbons (Fsp3) is 0.423. The van der Waals surface area contributed by atoms with Crippen molar-refractivity contribution >= 4 is 5.91 Å². The second-order valence-corrected chi connectivity index (χ2v) is 8.83. The second kappa shape index (κ2) is 10.4. The van der Waals surface area contributed by atoms with E-state index >= 15 is 0 Å².